The Morgan fingerprint density at radius 2 is 2.08 bits per heavy atom. The molecule has 0 saturated heterocycles. The molecule has 76 valence electrons. The zero-order chi connectivity index (χ0) is 10.3. The van der Waals surface area contributed by atoms with Crippen LogP contribution >= 0.6 is 0 Å². The van der Waals surface area contributed by atoms with Crippen molar-refractivity contribution >= 4 is 11.9 Å². The molecule has 4 heteroatoms. The van der Waals surface area contributed by atoms with Gasteiger partial charge in [0.1, 0.15) is 0 Å². The van der Waals surface area contributed by atoms with Gasteiger partial charge in [0.25, 0.3) is 0 Å². The maximum absolute atomic E-state index is 10.8. The molecule has 13 heavy (non-hydrogen) atoms. The molecule has 0 spiro atoms. The lowest BCUT2D eigenvalue weighted by Crippen LogP contribution is -2.27. The number of amides is 1. The summed E-state index contributed by atoms with van der Waals surface area (Å²) in [5.41, 5.74) is 0. The van der Waals surface area contributed by atoms with Crippen LogP contribution in [0.2, 0.25) is 0 Å². The van der Waals surface area contributed by atoms with E-state index < -0.39 is 5.97 Å². The van der Waals surface area contributed by atoms with E-state index in [1.807, 2.05) is 6.92 Å². The summed E-state index contributed by atoms with van der Waals surface area (Å²) in [6, 6.07) is 0. The molecule has 1 amide bonds. The quantitative estimate of drug-likeness (QED) is 0.652. The molecule has 0 aliphatic carbocycles. The van der Waals surface area contributed by atoms with E-state index in [1.165, 1.54) is 0 Å². The second-order valence-electron chi connectivity index (χ2n) is 3.20. The van der Waals surface area contributed by atoms with Gasteiger partial charge in [0.15, 0.2) is 0 Å². The van der Waals surface area contributed by atoms with Crippen molar-refractivity contribution in [2.24, 2.45) is 5.92 Å². The van der Waals surface area contributed by atoms with Gasteiger partial charge in [-0.15, -0.1) is 0 Å². The normalized spacial score (nSPS) is 12.2. The molecule has 1 atom stereocenters. The molecule has 0 bridgehead atoms. The first-order chi connectivity index (χ1) is 6.06. The molecule has 0 rings (SSSR count). The summed E-state index contributed by atoms with van der Waals surface area (Å²) >= 11 is 0. The van der Waals surface area contributed by atoms with Crippen molar-refractivity contribution in [3.8, 4) is 0 Å². The first kappa shape index (κ1) is 11.9. The van der Waals surface area contributed by atoms with Gasteiger partial charge in [0, 0.05) is 19.4 Å². The van der Waals surface area contributed by atoms with Crippen molar-refractivity contribution in [1.82, 2.24) is 5.32 Å². The highest BCUT2D eigenvalue weighted by atomic mass is 16.4. The Morgan fingerprint density at radius 3 is 2.54 bits per heavy atom. The molecule has 0 heterocycles. The van der Waals surface area contributed by atoms with E-state index in [0.717, 1.165) is 0 Å². The SMILES string of the molecule is CCC(=O)NCC(C)CCC(=O)O. The van der Waals surface area contributed by atoms with Gasteiger partial charge in [-0.3, -0.25) is 9.59 Å². The Labute approximate surface area is 78.3 Å². The highest BCUT2D eigenvalue weighted by Gasteiger charge is 2.06. The number of rotatable bonds is 6. The zero-order valence-corrected chi connectivity index (χ0v) is 8.17. The Balaban J connectivity index is 3.45. The second-order valence-corrected chi connectivity index (χ2v) is 3.20. The fourth-order valence-corrected chi connectivity index (χ4v) is 0.885. The summed E-state index contributed by atoms with van der Waals surface area (Å²) in [5, 5.41) is 11.1. The molecule has 0 radical (unpaired) electrons. The Morgan fingerprint density at radius 1 is 1.46 bits per heavy atom. The third-order valence-corrected chi connectivity index (χ3v) is 1.82. The highest BCUT2D eigenvalue weighted by molar-refractivity contribution is 5.75. The minimum absolute atomic E-state index is 0.0159. The van der Waals surface area contributed by atoms with Crippen LogP contribution in [0.5, 0.6) is 0 Å². The lowest BCUT2D eigenvalue weighted by atomic mass is 10.1. The average molecular weight is 187 g/mol. The van der Waals surface area contributed by atoms with Crippen molar-refractivity contribution < 1.29 is 14.7 Å². The van der Waals surface area contributed by atoms with Gasteiger partial charge in [-0.05, 0) is 12.3 Å². The van der Waals surface area contributed by atoms with Crippen molar-refractivity contribution in [1.29, 1.82) is 0 Å². The van der Waals surface area contributed by atoms with E-state index in [4.69, 9.17) is 5.11 Å². The fraction of sp³-hybridized carbons (Fsp3) is 0.778. The number of carboxylic acid groups (broad SMARTS) is 1. The Hall–Kier alpha value is -1.06. The van der Waals surface area contributed by atoms with Crippen LogP contribution in [0.15, 0.2) is 0 Å². The van der Waals surface area contributed by atoms with Crippen LogP contribution in [0.4, 0.5) is 0 Å². The molecule has 4 nitrogen and oxygen atoms in total. The van der Waals surface area contributed by atoms with Crippen LogP contribution in [-0.2, 0) is 9.59 Å². The maximum Gasteiger partial charge on any atom is 0.303 e. The number of hydrogen-bond donors (Lipinski definition) is 2. The summed E-state index contributed by atoms with van der Waals surface area (Å²) in [7, 11) is 0. The van der Waals surface area contributed by atoms with Crippen molar-refractivity contribution in [3.05, 3.63) is 0 Å². The summed E-state index contributed by atoms with van der Waals surface area (Å²) < 4.78 is 0. The largest absolute Gasteiger partial charge is 0.481 e. The number of aliphatic carboxylic acids is 1. The summed E-state index contributed by atoms with van der Waals surface area (Å²) in [5.74, 6) is -0.539. The molecular formula is C9H17NO3. The van der Waals surface area contributed by atoms with Crippen molar-refractivity contribution in [2.75, 3.05) is 6.54 Å². The lowest BCUT2D eigenvalue weighted by Gasteiger charge is -2.10. The maximum atomic E-state index is 10.8. The smallest absolute Gasteiger partial charge is 0.303 e. The summed E-state index contributed by atoms with van der Waals surface area (Å²) in [6.07, 6.45) is 1.26. The molecule has 0 aromatic carbocycles. The monoisotopic (exact) mass is 187 g/mol. The minimum Gasteiger partial charge on any atom is -0.481 e. The van der Waals surface area contributed by atoms with Crippen molar-refractivity contribution in [2.45, 2.75) is 33.1 Å². The van der Waals surface area contributed by atoms with Crippen LogP contribution in [-0.4, -0.2) is 23.5 Å². The first-order valence-corrected chi connectivity index (χ1v) is 4.54. The minimum atomic E-state index is -0.784. The number of carboxylic acids is 1. The first-order valence-electron chi connectivity index (χ1n) is 4.54. The van der Waals surface area contributed by atoms with Gasteiger partial charge in [0.05, 0.1) is 0 Å². The third-order valence-electron chi connectivity index (χ3n) is 1.82. The van der Waals surface area contributed by atoms with E-state index in [0.29, 0.717) is 19.4 Å². The van der Waals surface area contributed by atoms with Gasteiger partial charge in [-0.2, -0.15) is 0 Å². The predicted octanol–water partition coefficient (Wildman–Crippen LogP) is 1.01. The number of carbonyl (C=O) groups excluding carboxylic acids is 1. The average Bonchev–Trinajstić information content (AvgIpc) is 2.10. The van der Waals surface area contributed by atoms with Crippen LogP contribution in [0, 0.1) is 5.92 Å². The Kier molecular flexibility index (Phi) is 5.93. The third kappa shape index (κ3) is 7.31. The topological polar surface area (TPSA) is 66.4 Å². The fourth-order valence-electron chi connectivity index (χ4n) is 0.885. The van der Waals surface area contributed by atoms with E-state index in [9.17, 15) is 9.59 Å². The molecule has 2 N–H and O–H groups in total. The molecule has 0 aromatic heterocycles. The number of carbonyl (C=O) groups is 2. The molecule has 0 aliphatic rings. The standard InChI is InChI=1S/C9H17NO3/c1-3-8(11)10-6-7(2)4-5-9(12)13/h7H,3-6H2,1-2H3,(H,10,11)(H,12,13). The van der Waals surface area contributed by atoms with Crippen LogP contribution < -0.4 is 5.32 Å². The molecule has 0 fully saturated rings. The van der Waals surface area contributed by atoms with E-state index >= 15 is 0 Å². The zero-order valence-electron chi connectivity index (χ0n) is 8.17. The van der Waals surface area contributed by atoms with Gasteiger partial charge in [0.2, 0.25) is 5.91 Å². The van der Waals surface area contributed by atoms with E-state index in [-0.39, 0.29) is 18.2 Å². The molecule has 1 unspecified atom stereocenters. The summed E-state index contributed by atoms with van der Waals surface area (Å²) in [6.45, 7) is 4.29. The number of nitrogens with one attached hydrogen (secondary N) is 1. The van der Waals surface area contributed by atoms with Gasteiger partial charge >= 0.3 is 5.97 Å². The molecular weight excluding hydrogens is 170 g/mol. The van der Waals surface area contributed by atoms with Crippen LogP contribution in [0.1, 0.15) is 33.1 Å². The lowest BCUT2D eigenvalue weighted by molar-refractivity contribution is -0.137. The molecule has 0 saturated carbocycles. The van der Waals surface area contributed by atoms with Gasteiger partial charge in [-0.1, -0.05) is 13.8 Å². The van der Waals surface area contributed by atoms with E-state index in [1.54, 1.807) is 6.92 Å². The van der Waals surface area contributed by atoms with Crippen LogP contribution in [0.25, 0.3) is 0 Å². The predicted molar refractivity (Wildman–Crippen MR) is 49.3 cm³/mol. The van der Waals surface area contributed by atoms with Crippen molar-refractivity contribution in [3.63, 3.8) is 0 Å². The second kappa shape index (κ2) is 6.46. The van der Waals surface area contributed by atoms with Gasteiger partial charge in [-0.25, -0.2) is 0 Å². The number of hydrogen-bond acceptors (Lipinski definition) is 2. The Bertz CT molecular complexity index is 180. The van der Waals surface area contributed by atoms with Crippen LogP contribution in [0.3, 0.4) is 0 Å². The molecule has 0 aliphatic heterocycles. The van der Waals surface area contributed by atoms with E-state index in [2.05, 4.69) is 5.32 Å². The summed E-state index contributed by atoms with van der Waals surface area (Å²) in [4.78, 5) is 21.0. The highest BCUT2D eigenvalue weighted by Crippen LogP contribution is 2.03. The van der Waals surface area contributed by atoms with Gasteiger partial charge < -0.3 is 10.4 Å². The molecule has 0 aromatic rings.